The maximum absolute atomic E-state index is 5.43. The second-order valence-corrected chi connectivity index (χ2v) is 6.75. The highest BCUT2D eigenvalue weighted by molar-refractivity contribution is 9.10. The van der Waals surface area contributed by atoms with Crippen molar-refractivity contribution in [2.24, 2.45) is 5.92 Å². The minimum Gasteiger partial charge on any atom is -0.359 e. The van der Waals surface area contributed by atoms with Gasteiger partial charge in [0.05, 0.1) is 0 Å². The topological polar surface area (TPSA) is 24.1 Å². The van der Waals surface area contributed by atoms with Gasteiger partial charge in [-0.2, -0.15) is 0 Å². The Bertz CT molecular complexity index is 461. The summed E-state index contributed by atoms with van der Waals surface area (Å²) in [6, 6.07) is 6.69. The Hall–Kier alpha value is -0.610. The van der Waals surface area contributed by atoms with Gasteiger partial charge in [-0.3, -0.25) is 0 Å². The third-order valence-corrected chi connectivity index (χ3v) is 4.58. The average molecular weight is 341 g/mol. The lowest BCUT2D eigenvalue weighted by Gasteiger charge is -2.30. The predicted molar refractivity (Wildman–Crippen MR) is 89.7 cm³/mol. The van der Waals surface area contributed by atoms with Gasteiger partial charge in [0, 0.05) is 16.2 Å². The highest BCUT2D eigenvalue weighted by atomic mass is 79.9. The fraction of sp³-hybridized carbons (Fsp3) is 0.533. The van der Waals surface area contributed by atoms with Gasteiger partial charge in [-0.15, -0.1) is 0 Å². The van der Waals surface area contributed by atoms with Gasteiger partial charge in [-0.05, 0) is 61.7 Å². The minimum absolute atomic E-state index is 0.518. The van der Waals surface area contributed by atoms with Crippen LogP contribution in [0.25, 0.3) is 0 Å². The van der Waals surface area contributed by atoms with Crippen LogP contribution in [0.4, 0.5) is 5.69 Å². The molecule has 19 heavy (non-hydrogen) atoms. The molecule has 2 atom stereocenters. The van der Waals surface area contributed by atoms with Crippen LogP contribution in [0.3, 0.4) is 0 Å². The van der Waals surface area contributed by atoms with E-state index in [2.05, 4.69) is 52.5 Å². The summed E-state index contributed by atoms with van der Waals surface area (Å²) in [5.41, 5.74) is 2.26. The van der Waals surface area contributed by atoms with Crippen LogP contribution in [0.15, 0.2) is 22.7 Å². The zero-order valence-electron chi connectivity index (χ0n) is 11.5. The minimum atomic E-state index is 0.518. The largest absolute Gasteiger partial charge is 0.359 e. The Morgan fingerprint density at radius 3 is 2.74 bits per heavy atom. The molecule has 0 aromatic heterocycles. The Morgan fingerprint density at radius 2 is 2.05 bits per heavy atom. The normalized spacial score (nSPS) is 22.9. The molecular formula is C15H21BrN2S. The molecule has 1 saturated carbocycles. The standard InChI is InChI=1S/C15H21BrN2S/c1-10-5-3-4-6-13(10)17-15(19)18-14-8-7-12(16)9-11(14)2/h7-10,13H,3-6H2,1-2H3,(H2,17,18,19). The SMILES string of the molecule is Cc1cc(Br)ccc1NC(=S)NC1CCCCC1C. The number of rotatable bonds is 2. The zero-order valence-corrected chi connectivity index (χ0v) is 13.9. The molecule has 1 aliphatic carbocycles. The van der Waals surface area contributed by atoms with Crippen LogP contribution in [0.2, 0.25) is 0 Å². The Kier molecular flexibility index (Phi) is 5.22. The van der Waals surface area contributed by atoms with Crippen molar-refractivity contribution < 1.29 is 0 Å². The second kappa shape index (κ2) is 6.71. The van der Waals surface area contributed by atoms with E-state index in [1.165, 1.54) is 31.2 Å². The van der Waals surface area contributed by atoms with Crippen molar-refractivity contribution in [3.8, 4) is 0 Å². The summed E-state index contributed by atoms with van der Waals surface area (Å²) in [4.78, 5) is 0. The monoisotopic (exact) mass is 340 g/mol. The van der Waals surface area contributed by atoms with Gasteiger partial charge in [-0.25, -0.2) is 0 Å². The first-order chi connectivity index (χ1) is 9.06. The molecule has 2 N–H and O–H groups in total. The fourth-order valence-corrected chi connectivity index (χ4v) is 3.36. The number of nitrogens with one attached hydrogen (secondary N) is 2. The highest BCUT2D eigenvalue weighted by Crippen LogP contribution is 2.24. The van der Waals surface area contributed by atoms with Crippen molar-refractivity contribution >= 4 is 38.9 Å². The van der Waals surface area contributed by atoms with Gasteiger partial charge in [0.1, 0.15) is 0 Å². The first-order valence-corrected chi connectivity index (χ1v) is 8.10. The third kappa shape index (κ3) is 4.18. The molecule has 1 aromatic rings. The molecule has 104 valence electrons. The summed E-state index contributed by atoms with van der Waals surface area (Å²) in [5.74, 6) is 0.708. The second-order valence-electron chi connectivity index (χ2n) is 5.43. The summed E-state index contributed by atoms with van der Waals surface area (Å²) in [7, 11) is 0. The van der Waals surface area contributed by atoms with E-state index in [9.17, 15) is 0 Å². The number of hydrogen-bond donors (Lipinski definition) is 2. The van der Waals surface area contributed by atoms with Crippen LogP contribution in [0.1, 0.15) is 38.2 Å². The van der Waals surface area contributed by atoms with Crippen molar-refractivity contribution in [2.75, 3.05) is 5.32 Å². The van der Waals surface area contributed by atoms with Gasteiger partial charge in [0.25, 0.3) is 0 Å². The molecule has 0 bridgehead atoms. The smallest absolute Gasteiger partial charge is 0.171 e. The van der Waals surface area contributed by atoms with Crippen molar-refractivity contribution in [3.63, 3.8) is 0 Å². The molecular weight excluding hydrogens is 320 g/mol. The van der Waals surface area contributed by atoms with Gasteiger partial charge in [-0.1, -0.05) is 35.7 Å². The molecule has 0 radical (unpaired) electrons. The quantitative estimate of drug-likeness (QED) is 0.768. The predicted octanol–water partition coefficient (Wildman–Crippen LogP) is 4.62. The summed E-state index contributed by atoms with van der Waals surface area (Å²) < 4.78 is 1.09. The van der Waals surface area contributed by atoms with Crippen molar-refractivity contribution in [1.82, 2.24) is 5.32 Å². The molecule has 2 rings (SSSR count). The summed E-state index contributed by atoms with van der Waals surface area (Å²) in [6.45, 7) is 4.39. The van der Waals surface area contributed by atoms with Crippen LogP contribution in [0.5, 0.6) is 0 Å². The van der Waals surface area contributed by atoms with Gasteiger partial charge < -0.3 is 10.6 Å². The van der Waals surface area contributed by atoms with E-state index < -0.39 is 0 Å². The molecule has 1 aromatic carbocycles. The molecule has 1 fully saturated rings. The molecule has 4 heteroatoms. The van der Waals surface area contributed by atoms with E-state index in [0.717, 1.165) is 15.3 Å². The first-order valence-electron chi connectivity index (χ1n) is 6.90. The maximum atomic E-state index is 5.43. The number of thiocarbonyl (C=S) groups is 1. The molecule has 2 unspecified atom stereocenters. The summed E-state index contributed by atoms with van der Waals surface area (Å²) in [6.07, 6.45) is 5.19. The molecule has 0 saturated heterocycles. The Balaban J connectivity index is 1.93. The van der Waals surface area contributed by atoms with E-state index in [1.807, 2.05) is 6.07 Å². The molecule has 0 spiro atoms. The number of halogens is 1. The van der Waals surface area contributed by atoms with E-state index in [1.54, 1.807) is 0 Å². The summed E-state index contributed by atoms with van der Waals surface area (Å²) >= 11 is 8.90. The first kappa shape index (κ1) is 14.8. The number of benzene rings is 1. The lowest BCUT2D eigenvalue weighted by atomic mass is 9.86. The van der Waals surface area contributed by atoms with Crippen LogP contribution in [-0.4, -0.2) is 11.2 Å². The zero-order chi connectivity index (χ0) is 13.8. The van der Waals surface area contributed by atoms with Crippen molar-refractivity contribution in [1.29, 1.82) is 0 Å². The maximum Gasteiger partial charge on any atom is 0.171 e. The molecule has 0 aliphatic heterocycles. The fourth-order valence-electron chi connectivity index (χ4n) is 2.62. The number of anilines is 1. The highest BCUT2D eigenvalue weighted by Gasteiger charge is 2.21. The summed E-state index contributed by atoms with van der Waals surface area (Å²) in [5, 5.41) is 7.51. The number of hydrogen-bond acceptors (Lipinski definition) is 1. The van der Waals surface area contributed by atoms with Crippen LogP contribution < -0.4 is 10.6 Å². The van der Waals surface area contributed by atoms with E-state index in [0.29, 0.717) is 12.0 Å². The van der Waals surface area contributed by atoms with Gasteiger partial charge >= 0.3 is 0 Å². The van der Waals surface area contributed by atoms with Crippen LogP contribution in [-0.2, 0) is 0 Å². The van der Waals surface area contributed by atoms with E-state index in [4.69, 9.17) is 12.2 Å². The Morgan fingerprint density at radius 1 is 1.32 bits per heavy atom. The molecule has 0 amide bonds. The molecule has 1 aliphatic rings. The van der Waals surface area contributed by atoms with Gasteiger partial charge in [0.15, 0.2) is 5.11 Å². The van der Waals surface area contributed by atoms with Gasteiger partial charge in [0.2, 0.25) is 0 Å². The Labute approximate surface area is 129 Å². The number of aryl methyl sites for hydroxylation is 1. The lowest BCUT2D eigenvalue weighted by molar-refractivity contribution is 0.309. The molecule has 2 nitrogen and oxygen atoms in total. The molecule has 0 heterocycles. The average Bonchev–Trinajstić information content (AvgIpc) is 2.36. The lowest BCUT2D eigenvalue weighted by Crippen LogP contribution is -2.43. The van der Waals surface area contributed by atoms with Crippen LogP contribution in [0, 0.1) is 12.8 Å². The van der Waals surface area contributed by atoms with Crippen LogP contribution >= 0.6 is 28.1 Å². The van der Waals surface area contributed by atoms with E-state index in [-0.39, 0.29) is 0 Å². The van der Waals surface area contributed by atoms with Crippen molar-refractivity contribution in [3.05, 3.63) is 28.2 Å². The third-order valence-electron chi connectivity index (χ3n) is 3.86. The van der Waals surface area contributed by atoms with Crippen molar-refractivity contribution in [2.45, 2.75) is 45.6 Å². The van der Waals surface area contributed by atoms with E-state index >= 15 is 0 Å².